The van der Waals surface area contributed by atoms with Gasteiger partial charge in [-0.05, 0) is 37.1 Å². The first-order valence-corrected chi connectivity index (χ1v) is 9.06. The molecule has 1 aliphatic carbocycles. The predicted octanol–water partition coefficient (Wildman–Crippen LogP) is 2.81. The molecule has 1 aliphatic rings. The Hall–Kier alpha value is -2.21. The van der Waals surface area contributed by atoms with Gasteiger partial charge in [0.25, 0.3) is 0 Å². The summed E-state index contributed by atoms with van der Waals surface area (Å²) in [5.41, 5.74) is 0.507. The van der Waals surface area contributed by atoms with Gasteiger partial charge >= 0.3 is 0 Å². The minimum atomic E-state index is -3.75. The van der Waals surface area contributed by atoms with E-state index in [1.54, 1.807) is 48.7 Å². The van der Waals surface area contributed by atoms with Crippen molar-refractivity contribution in [2.45, 2.75) is 35.3 Å². The van der Waals surface area contributed by atoms with E-state index < -0.39 is 20.5 Å². The Morgan fingerprint density at radius 3 is 2.35 bits per heavy atom. The maximum Gasteiger partial charge on any atom is 0.246 e. The van der Waals surface area contributed by atoms with Crippen LogP contribution in [0.4, 0.5) is 5.69 Å². The van der Waals surface area contributed by atoms with Crippen LogP contribution in [-0.2, 0) is 14.6 Å². The van der Waals surface area contributed by atoms with Crippen LogP contribution in [0.15, 0.2) is 59.8 Å². The molecule has 1 fully saturated rings. The summed E-state index contributed by atoms with van der Waals surface area (Å²) in [4.78, 5) is 17.0. The van der Waals surface area contributed by atoms with Gasteiger partial charge in [-0.1, -0.05) is 31.0 Å². The first kappa shape index (κ1) is 15.7. The minimum Gasteiger partial charge on any atom is -0.323 e. The first-order valence-electron chi connectivity index (χ1n) is 7.57. The molecular weight excluding hydrogens is 312 g/mol. The van der Waals surface area contributed by atoms with Crippen LogP contribution in [0, 0.1) is 0 Å². The third-order valence-electron chi connectivity index (χ3n) is 4.31. The molecule has 0 radical (unpaired) electrons. The van der Waals surface area contributed by atoms with Crippen molar-refractivity contribution in [3.8, 4) is 0 Å². The number of nitrogens with one attached hydrogen (secondary N) is 1. The van der Waals surface area contributed by atoms with Gasteiger partial charge in [0, 0.05) is 6.20 Å². The molecule has 23 heavy (non-hydrogen) atoms. The van der Waals surface area contributed by atoms with E-state index in [4.69, 9.17) is 0 Å². The molecule has 1 amide bonds. The Kier molecular flexibility index (Phi) is 4.17. The number of carbonyl (C=O) groups excluding carboxylic acids is 1. The van der Waals surface area contributed by atoms with Gasteiger partial charge in [0.05, 0.1) is 16.8 Å². The van der Waals surface area contributed by atoms with E-state index in [2.05, 4.69) is 10.3 Å². The number of benzene rings is 1. The van der Waals surface area contributed by atoms with Crippen molar-refractivity contribution in [3.63, 3.8) is 0 Å². The predicted molar refractivity (Wildman–Crippen MR) is 87.7 cm³/mol. The minimum absolute atomic E-state index is 0.197. The van der Waals surface area contributed by atoms with Crippen molar-refractivity contribution < 1.29 is 13.2 Å². The van der Waals surface area contributed by atoms with Crippen LogP contribution in [0.1, 0.15) is 25.7 Å². The summed E-state index contributed by atoms with van der Waals surface area (Å²) < 4.78 is 24.8. The molecule has 0 saturated heterocycles. The number of aromatic nitrogens is 1. The van der Waals surface area contributed by atoms with E-state index in [0.717, 1.165) is 12.8 Å². The van der Waals surface area contributed by atoms with E-state index >= 15 is 0 Å². The Balaban J connectivity index is 1.98. The lowest BCUT2D eigenvalue weighted by Gasteiger charge is -2.27. The van der Waals surface area contributed by atoms with Gasteiger partial charge in [-0.2, -0.15) is 0 Å². The summed E-state index contributed by atoms with van der Waals surface area (Å²) in [6, 6.07) is 11.6. The summed E-state index contributed by atoms with van der Waals surface area (Å²) in [5, 5.41) is 2.72. The van der Waals surface area contributed by atoms with Gasteiger partial charge in [0.1, 0.15) is 0 Å². The van der Waals surface area contributed by atoms with Crippen LogP contribution in [0.3, 0.4) is 0 Å². The largest absolute Gasteiger partial charge is 0.323 e. The van der Waals surface area contributed by atoms with E-state index in [1.807, 2.05) is 0 Å². The van der Waals surface area contributed by atoms with Crippen molar-refractivity contribution in [3.05, 3.63) is 54.9 Å². The van der Waals surface area contributed by atoms with Gasteiger partial charge in [-0.3, -0.25) is 9.78 Å². The lowest BCUT2D eigenvalue weighted by atomic mass is 10.1. The molecular formula is C17H18N2O3S. The normalized spacial score (nSPS) is 16.9. The Morgan fingerprint density at radius 2 is 1.74 bits per heavy atom. The molecule has 5 nitrogen and oxygen atoms in total. The highest BCUT2D eigenvalue weighted by molar-refractivity contribution is 7.93. The van der Waals surface area contributed by atoms with Crippen molar-refractivity contribution in [2.24, 2.45) is 0 Å². The SMILES string of the molecule is O=C(Nc1cccnc1)C1(S(=O)(=O)c2ccccc2)CCCC1. The monoisotopic (exact) mass is 330 g/mol. The number of amides is 1. The van der Waals surface area contributed by atoms with Gasteiger partial charge in [-0.25, -0.2) is 8.42 Å². The van der Waals surface area contributed by atoms with Crippen LogP contribution in [-0.4, -0.2) is 24.1 Å². The van der Waals surface area contributed by atoms with E-state index in [1.165, 1.54) is 6.20 Å². The number of sulfone groups is 1. The maximum absolute atomic E-state index is 13.1. The third-order valence-corrected chi connectivity index (χ3v) is 6.83. The summed E-state index contributed by atoms with van der Waals surface area (Å²) in [5.74, 6) is -0.466. The fraction of sp³-hybridized carbons (Fsp3) is 0.294. The summed E-state index contributed by atoms with van der Waals surface area (Å²) >= 11 is 0. The van der Waals surface area contributed by atoms with Crippen LogP contribution < -0.4 is 5.32 Å². The first-order chi connectivity index (χ1) is 11.1. The molecule has 0 unspecified atom stereocenters. The van der Waals surface area contributed by atoms with Crippen molar-refractivity contribution in [1.29, 1.82) is 0 Å². The molecule has 1 aromatic heterocycles. The molecule has 1 N–H and O–H groups in total. The lowest BCUT2D eigenvalue weighted by Crippen LogP contribution is -2.47. The Morgan fingerprint density at radius 1 is 1.04 bits per heavy atom. The lowest BCUT2D eigenvalue weighted by molar-refractivity contribution is -0.118. The number of rotatable bonds is 4. The highest BCUT2D eigenvalue weighted by Crippen LogP contribution is 2.41. The highest BCUT2D eigenvalue weighted by Gasteiger charge is 2.52. The van der Waals surface area contributed by atoms with Crippen molar-refractivity contribution >= 4 is 21.4 Å². The quantitative estimate of drug-likeness (QED) is 0.935. The fourth-order valence-electron chi connectivity index (χ4n) is 3.07. The Bertz CT molecular complexity index is 783. The van der Waals surface area contributed by atoms with Crippen LogP contribution in [0.2, 0.25) is 0 Å². The molecule has 1 saturated carbocycles. The van der Waals surface area contributed by atoms with Crippen molar-refractivity contribution in [2.75, 3.05) is 5.32 Å². The molecule has 0 atom stereocenters. The van der Waals surface area contributed by atoms with Gasteiger partial charge in [0.2, 0.25) is 5.91 Å². The van der Waals surface area contributed by atoms with E-state index in [9.17, 15) is 13.2 Å². The molecule has 0 spiro atoms. The number of hydrogen-bond acceptors (Lipinski definition) is 4. The van der Waals surface area contributed by atoms with E-state index in [0.29, 0.717) is 18.5 Å². The van der Waals surface area contributed by atoms with Crippen LogP contribution in [0.5, 0.6) is 0 Å². The van der Waals surface area contributed by atoms with Crippen LogP contribution >= 0.6 is 0 Å². The van der Waals surface area contributed by atoms with Crippen LogP contribution in [0.25, 0.3) is 0 Å². The molecule has 3 rings (SSSR count). The molecule has 6 heteroatoms. The average Bonchev–Trinajstić information content (AvgIpc) is 3.08. The smallest absolute Gasteiger partial charge is 0.246 e. The van der Waals surface area contributed by atoms with Crippen molar-refractivity contribution in [1.82, 2.24) is 4.98 Å². The third kappa shape index (κ3) is 2.74. The van der Waals surface area contributed by atoms with Gasteiger partial charge in [-0.15, -0.1) is 0 Å². The zero-order valence-electron chi connectivity index (χ0n) is 12.6. The summed E-state index contributed by atoms with van der Waals surface area (Å²) in [7, 11) is -3.75. The van der Waals surface area contributed by atoms with E-state index in [-0.39, 0.29) is 4.90 Å². The number of hydrogen-bond donors (Lipinski definition) is 1. The highest BCUT2D eigenvalue weighted by atomic mass is 32.2. The molecule has 1 heterocycles. The summed E-state index contributed by atoms with van der Waals surface area (Å²) in [6.45, 7) is 0. The fourth-order valence-corrected chi connectivity index (χ4v) is 5.16. The zero-order chi connectivity index (χ0) is 16.3. The molecule has 0 bridgehead atoms. The topological polar surface area (TPSA) is 76.1 Å². The molecule has 2 aromatic rings. The number of nitrogens with zero attached hydrogens (tertiary/aromatic N) is 1. The number of pyridine rings is 1. The summed E-state index contributed by atoms with van der Waals surface area (Å²) in [6.07, 6.45) is 5.25. The second-order valence-electron chi connectivity index (χ2n) is 5.71. The second-order valence-corrected chi connectivity index (χ2v) is 7.97. The van der Waals surface area contributed by atoms with Gasteiger partial charge in [0.15, 0.2) is 14.6 Å². The number of anilines is 1. The standard InChI is InChI=1S/C17H18N2O3S/c20-16(19-14-7-6-12-18-13-14)17(10-4-5-11-17)23(21,22)15-8-2-1-3-9-15/h1-3,6-9,12-13H,4-5,10-11H2,(H,19,20). The van der Waals surface area contributed by atoms with Gasteiger partial charge < -0.3 is 5.32 Å². The molecule has 0 aliphatic heterocycles. The molecule has 1 aromatic carbocycles. The zero-order valence-corrected chi connectivity index (χ0v) is 13.4. The Labute approximate surface area is 135 Å². The molecule has 120 valence electrons. The number of carbonyl (C=O) groups is 1. The average molecular weight is 330 g/mol. The maximum atomic E-state index is 13.1. The second kappa shape index (κ2) is 6.12.